The first kappa shape index (κ1) is 20.4. The fraction of sp³-hybridized carbons (Fsp3) is 0.444. The molecule has 0 unspecified atom stereocenters. The number of aryl methyl sites for hydroxylation is 1. The fourth-order valence-electron chi connectivity index (χ4n) is 3.10. The molecule has 2 heterocycles. The Hall–Kier alpha value is -2.33. The Bertz CT molecular complexity index is 911. The first-order valence-electron chi connectivity index (χ1n) is 8.97. The molecule has 1 aliphatic rings. The SMILES string of the molecule is O=C(OCCCn1cccn1)C1CCN(S(=O)(=O)c2cc(F)ccc2F)CC1. The molecule has 0 amide bonds. The third kappa shape index (κ3) is 4.74. The second-order valence-electron chi connectivity index (χ2n) is 6.54. The minimum absolute atomic E-state index is 0.0470. The van der Waals surface area contributed by atoms with Gasteiger partial charge < -0.3 is 4.74 Å². The van der Waals surface area contributed by atoms with Crippen LogP contribution in [0.1, 0.15) is 19.3 Å². The van der Waals surface area contributed by atoms with Gasteiger partial charge in [0.1, 0.15) is 16.5 Å². The largest absolute Gasteiger partial charge is 0.465 e. The van der Waals surface area contributed by atoms with Crippen molar-refractivity contribution in [3.63, 3.8) is 0 Å². The number of halogens is 2. The first-order valence-corrected chi connectivity index (χ1v) is 10.4. The maximum absolute atomic E-state index is 13.8. The molecule has 10 heteroatoms. The van der Waals surface area contributed by atoms with Crippen LogP contribution in [0.5, 0.6) is 0 Å². The highest BCUT2D eigenvalue weighted by Crippen LogP contribution is 2.26. The van der Waals surface area contributed by atoms with Crippen molar-refractivity contribution in [1.82, 2.24) is 14.1 Å². The van der Waals surface area contributed by atoms with Gasteiger partial charge in [-0.15, -0.1) is 0 Å². The van der Waals surface area contributed by atoms with E-state index in [0.717, 1.165) is 16.4 Å². The number of esters is 1. The zero-order chi connectivity index (χ0) is 20.1. The van der Waals surface area contributed by atoms with E-state index in [1.807, 2.05) is 12.3 Å². The number of carbonyl (C=O) groups is 1. The minimum Gasteiger partial charge on any atom is -0.465 e. The molecule has 0 bridgehead atoms. The molecule has 0 aliphatic carbocycles. The number of aromatic nitrogens is 2. The molecule has 0 atom stereocenters. The van der Waals surface area contributed by atoms with E-state index in [-0.39, 0.29) is 38.5 Å². The normalized spacial score (nSPS) is 16.2. The zero-order valence-electron chi connectivity index (χ0n) is 15.1. The smallest absolute Gasteiger partial charge is 0.309 e. The van der Waals surface area contributed by atoms with Gasteiger partial charge in [-0.1, -0.05) is 0 Å². The summed E-state index contributed by atoms with van der Waals surface area (Å²) in [5.74, 6) is -2.60. The number of rotatable bonds is 7. The van der Waals surface area contributed by atoms with Gasteiger partial charge in [-0.2, -0.15) is 9.40 Å². The van der Waals surface area contributed by atoms with E-state index >= 15 is 0 Å². The Morgan fingerprint density at radius 1 is 1.25 bits per heavy atom. The molecule has 1 aliphatic heterocycles. The predicted octanol–water partition coefficient (Wildman–Crippen LogP) is 2.20. The van der Waals surface area contributed by atoms with E-state index in [2.05, 4.69) is 5.10 Å². The van der Waals surface area contributed by atoms with Crippen molar-refractivity contribution >= 4 is 16.0 Å². The monoisotopic (exact) mass is 413 g/mol. The van der Waals surface area contributed by atoms with E-state index in [0.29, 0.717) is 19.0 Å². The second-order valence-corrected chi connectivity index (χ2v) is 8.45. The van der Waals surface area contributed by atoms with Crippen LogP contribution in [0.3, 0.4) is 0 Å². The van der Waals surface area contributed by atoms with Crippen LogP contribution in [0, 0.1) is 17.6 Å². The lowest BCUT2D eigenvalue weighted by molar-refractivity contribution is -0.150. The molecule has 152 valence electrons. The molecule has 0 radical (unpaired) electrons. The highest BCUT2D eigenvalue weighted by Gasteiger charge is 2.34. The Labute approximate surface area is 162 Å². The molecular formula is C18H21F2N3O4S. The third-order valence-corrected chi connectivity index (χ3v) is 6.55. The number of carbonyl (C=O) groups excluding carboxylic acids is 1. The Morgan fingerprint density at radius 3 is 2.68 bits per heavy atom. The van der Waals surface area contributed by atoms with Gasteiger partial charge in [0.2, 0.25) is 10.0 Å². The molecule has 0 N–H and O–H groups in total. The van der Waals surface area contributed by atoms with E-state index < -0.39 is 32.5 Å². The number of benzene rings is 1. The van der Waals surface area contributed by atoms with Crippen molar-refractivity contribution in [1.29, 1.82) is 0 Å². The van der Waals surface area contributed by atoms with E-state index in [1.165, 1.54) is 0 Å². The van der Waals surface area contributed by atoms with Crippen LogP contribution < -0.4 is 0 Å². The van der Waals surface area contributed by atoms with Crippen LogP contribution in [0.15, 0.2) is 41.6 Å². The maximum Gasteiger partial charge on any atom is 0.309 e. The molecule has 1 aromatic heterocycles. The van der Waals surface area contributed by atoms with Crippen molar-refractivity contribution in [3.05, 3.63) is 48.3 Å². The Balaban J connectivity index is 1.49. The van der Waals surface area contributed by atoms with Gasteiger partial charge in [0.25, 0.3) is 0 Å². The molecule has 1 fully saturated rings. The van der Waals surface area contributed by atoms with Crippen molar-refractivity contribution in [2.45, 2.75) is 30.7 Å². The summed E-state index contributed by atoms with van der Waals surface area (Å²) in [5, 5.41) is 4.05. The molecule has 1 saturated heterocycles. The van der Waals surface area contributed by atoms with Crippen LogP contribution in [-0.2, 0) is 26.1 Å². The molecule has 7 nitrogen and oxygen atoms in total. The van der Waals surface area contributed by atoms with Crippen LogP contribution in [0.25, 0.3) is 0 Å². The topological polar surface area (TPSA) is 81.5 Å². The van der Waals surface area contributed by atoms with E-state index in [1.54, 1.807) is 10.9 Å². The van der Waals surface area contributed by atoms with Crippen molar-refractivity contribution < 1.29 is 26.7 Å². The molecule has 1 aromatic carbocycles. The van der Waals surface area contributed by atoms with Gasteiger partial charge >= 0.3 is 5.97 Å². The lowest BCUT2D eigenvalue weighted by atomic mass is 9.98. The Kier molecular flexibility index (Phi) is 6.40. The summed E-state index contributed by atoms with van der Waals surface area (Å²) in [5.41, 5.74) is 0. The number of sulfonamides is 1. The van der Waals surface area contributed by atoms with Crippen molar-refractivity contribution in [2.24, 2.45) is 5.92 Å². The molecule has 0 saturated carbocycles. The average molecular weight is 413 g/mol. The van der Waals surface area contributed by atoms with Gasteiger partial charge in [-0.3, -0.25) is 9.48 Å². The summed E-state index contributed by atoms with van der Waals surface area (Å²) in [6.45, 7) is 0.985. The van der Waals surface area contributed by atoms with Gasteiger partial charge in [0.15, 0.2) is 0 Å². The molecule has 0 spiro atoms. The van der Waals surface area contributed by atoms with Crippen LogP contribution in [0.2, 0.25) is 0 Å². The summed E-state index contributed by atoms with van der Waals surface area (Å²) in [6, 6.07) is 4.13. The van der Waals surface area contributed by atoms with E-state index in [9.17, 15) is 22.0 Å². The highest BCUT2D eigenvalue weighted by atomic mass is 32.2. The Morgan fingerprint density at radius 2 is 2.00 bits per heavy atom. The third-order valence-electron chi connectivity index (χ3n) is 4.63. The van der Waals surface area contributed by atoms with E-state index in [4.69, 9.17) is 4.74 Å². The number of piperidine rings is 1. The van der Waals surface area contributed by atoms with Crippen LogP contribution in [0.4, 0.5) is 8.78 Å². The summed E-state index contributed by atoms with van der Waals surface area (Å²) in [7, 11) is -4.15. The first-order chi connectivity index (χ1) is 13.4. The standard InChI is InChI=1S/C18H21F2N3O4S/c19-15-3-4-16(20)17(13-15)28(25,26)23-10-5-14(6-11-23)18(24)27-12-2-9-22-8-1-7-21-22/h1,3-4,7-8,13-14H,2,5-6,9-12H2. The average Bonchev–Trinajstić information content (AvgIpc) is 3.20. The van der Waals surface area contributed by atoms with Gasteiger partial charge in [-0.05, 0) is 37.1 Å². The van der Waals surface area contributed by atoms with Gasteiger partial charge in [0, 0.05) is 38.4 Å². The van der Waals surface area contributed by atoms with Crippen LogP contribution in [-0.4, -0.2) is 48.2 Å². The number of hydrogen-bond donors (Lipinski definition) is 0. The highest BCUT2D eigenvalue weighted by molar-refractivity contribution is 7.89. The second kappa shape index (κ2) is 8.78. The zero-order valence-corrected chi connectivity index (χ0v) is 15.9. The lowest BCUT2D eigenvalue weighted by Gasteiger charge is -2.30. The van der Waals surface area contributed by atoms with Gasteiger partial charge in [-0.25, -0.2) is 17.2 Å². The molecule has 3 rings (SSSR count). The fourth-order valence-corrected chi connectivity index (χ4v) is 4.64. The number of nitrogens with zero attached hydrogens (tertiary/aromatic N) is 3. The molecule has 28 heavy (non-hydrogen) atoms. The summed E-state index contributed by atoms with van der Waals surface area (Å²) < 4.78 is 60.4. The van der Waals surface area contributed by atoms with Gasteiger partial charge in [0.05, 0.1) is 12.5 Å². The number of ether oxygens (including phenoxy) is 1. The quantitative estimate of drug-likeness (QED) is 0.513. The number of hydrogen-bond acceptors (Lipinski definition) is 5. The van der Waals surface area contributed by atoms with Crippen LogP contribution >= 0.6 is 0 Å². The minimum atomic E-state index is -4.15. The lowest BCUT2D eigenvalue weighted by Crippen LogP contribution is -2.41. The summed E-state index contributed by atoms with van der Waals surface area (Å²) >= 11 is 0. The molecular weight excluding hydrogens is 392 g/mol. The van der Waals surface area contributed by atoms with Crippen molar-refractivity contribution in [2.75, 3.05) is 19.7 Å². The maximum atomic E-state index is 13.8. The van der Waals surface area contributed by atoms with Crippen molar-refractivity contribution in [3.8, 4) is 0 Å². The summed E-state index contributed by atoms with van der Waals surface area (Å²) in [6.07, 6.45) is 4.66. The molecule has 2 aromatic rings. The summed E-state index contributed by atoms with van der Waals surface area (Å²) in [4.78, 5) is 11.5. The predicted molar refractivity (Wildman–Crippen MR) is 95.6 cm³/mol.